The summed E-state index contributed by atoms with van der Waals surface area (Å²) in [4.78, 5) is 25.9. The maximum Gasteiger partial charge on any atom is 0.256 e. The number of ether oxygens (including phenoxy) is 2. The van der Waals surface area contributed by atoms with E-state index in [2.05, 4.69) is 29.9 Å². The number of Topliss-reactive ketones (excluding diaryl/α,β-unsaturated/α-hetero) is 1. The molecule has 4 atom stereocenters. The zero-order chi connectivity index (χ0) is 21.1. The van der Waals surface area contributed by atoms with Crippen molar-refractivity contribution in [1.29, 1.82) is 0 Å². The van der Waals surface area contributed by atoms with E-state index in [9.17, 15) is 14.7 Å². The Labute approximate surface area is 170 Å². The number of aromatic nitrogens is 2. The second kappa shape index (κ2) is 9.61. The van der Waals surface area contributed by atoms with Gasteiger partial charge >= 0.3 is 0 Å². The van der Waals surface area contributed by atoms with Crippen molar-refractivity contribution in [3.63, 3.8) is 0 Å². The van der Waals surface area contributed by atoms with Crippen molar-refractivity contribution in [2.24, 2.45) is 0 Å². The summed E-state index contributed by atoms with van der Waals surface area (Å²) in [5.41, 5.74) is 0.0843. The van der Waals surface area contributed by atoms with Gasteiger partial charge in [-0.05, 0) is 45.1 Å². The van der Waals surface area contributed by atoms with E-state index >= 15 is 0 Å². The fourth-order valence-corrected chi connectivity index (χ4v) is 4.33. The number of carbonyl (C=O) groups excluding carboxylic acids is 1. The van der Waals surface area contributed by atoms with E-state index in [1.54, 1.807) is 10.8 Å². The summed E-state index contributed by atoms with van der Waals surface area (Å²) in [5, 5.41) is 13.6. The predicted octanol–water partition coefficient (Wildman–Crippen LogP) is 0.957. The molecule has 0 saturated carbocycles. The van der Waals surface area contributed by atoms with Crippen molar-refractivity contribution in [2.75, 3.05) is 33.1 Å². The van der Waals surface area contributed by atoms with Crippen molar-refractivity contribution >= 4 is 31.2 Å². The first-order valence-corrected chi connectivity index (χ1v) is 12.6. The molecule has 2 rings (SSSR count). The Hall–Kier alpha value is -1.09. The van der Waals surface area contributed by atoms with Gasteiger partial charge in [-0.3, -0.25) is 19.1 Å². The molecule has 8 nitrogen and oxygen atoms in total. The minimum Gasteiger partial charge on any atom is -0.388 e. The second-order valence-corrected chi connectivity index (χ2v) is 12.5. The number of rotatable bonds is 9. The number of hydrogen-bond donors (Lipinski definition) is 3. The molecule has 1 saturated heterocycles. The van der Waals surface area contributed by atoms with Crippen LogP contribution in [0.1, 0.15) is 25.1 Å². The lowest BCUT2D eigenvalue weighted by molar-refractivity contribution is -0.116. The first-order chi connectivity index (χ1) is 13.0. The topological polar surface area (TPSA) is 106 Å². The van der Waals surface area contributed by atoms with Gasteiger partial charge in [-0.2, -0.15) is 0 Å². The molecule has 0 bridgehead atoms. The van der Waals surface area contributed by atoms with Gasteiger partial charge in [0.25, 0.3) is 5.56 Å². The van der Waals surface area contributed by atoms with E-state index in [-0.39, 0.29) is 29.2 Å². The Morgan fingerprint density at radius 2 is 2.21 bits per heavy atom. The Bertz CT molecular complexity index is 862. The number of ketones is 1. The van der Waals surface area contributed by atoms with Gasteiger partial charge in [0.15, 0.2) is 11.0 Å². The number of methoxy groups -OCH3 is 1. The maximum atomic E-state index is 12.2. The molecule has 1 unspecified atom stereocenters. The van der Waals surface area contributed by atoms with Crippen LogP contribution in [0.2, 0.25) is 0 Å². The lowest BCUT2D eigenvalue weighted by atomic mass is 10.1. The average Bonchev–Trinajstić information content (AvgIpc) is 2.89. The number of aliphatic hydroxyl groups excluding tert-OH is 1. The van der Waals surface area contributed by atoms with Crippen molar-refractivity contribution in [1.82, 2.24) is 14.9 Å². The van der Waals surface area contributed by atoms with E-state index < -0.39 is 31.4 Å². The molecule has 1 aromatic heterocycles. The molecule has 1 aliphatic heterocycles. The summed E-state index contributed by atoms with van der Waals surface area (Å²) in [7, 11) is 1.51. The zero-order valence-electron chi connectivity index (χ0n) is 16.8. The zero-order valence-corrected chi connectivity index (χ0v) is 18.5. The van der Waals surface area contributed by atoms with E-state index in [1.807, 2.05) is 0 Å². The molecule has 0 spiro atoms. The maximum absolute atomic E-state index is 12.2. The highest BCUT2D eigenvalue weighted by Gasteiger charge is 2.45. The van der Waals surface area contributed by atoms with E-state index in [0.717, 1.165) is 6.16 Å². The Kier molecular flexibility index (Phi) is 7.96. The molecule has 1 fully saturated rings. The molecular formula is C18H30N3O5PS. The van der Waals surface area contributed by atoms with Gasteiger partial charge < -0.3 is 19.9 Å². The summed E-state index contributed by atoms with van der Waals surface area (Å²) >= 11 is 5.30. The first-order valence-electron chi connectivity index (χ1n) is 9.11. The Balaban J connectivity index is 2.26. The van der Waals surface area contributed by atoms with Crippen LogP contribution in [0.3, 0.4) is 0 Å². The van der Waals surface area contributed by atoms with Crippen molar-refractivity contribution in [3.05, 3.63) is 26.9 Å². The Morgan fingerprint density at radius 3 is 2.79 bits per heavy atom. The standard InChI is InChI=1S/C18H30N3O5PS/c1-11(22)8-19-9-12-10-21(18(28)20-16(12)24)17-15(25-2)14(23)13(26-17)6-7-27(3,4)5/h10,13-15,17,19,23H,3,6-9H2,1-2,4-5H3,(H,20,24,28)/t13-,14-,15-,17?/m1/s1. The van der Waals surface area contributed by atoms with E-state index in [1.165, 1.54) is 14.0 Å². The van der Waals surface area contributed by atoms with Gasteiger partial charge in [-0.1, -0.05) is 0 Å². The number of H-pyrrole nitrogens is 1. The number of aromatic amines is 1. The molecule has 2 heterocycles. The number of carbonyl (C=O) groups is 1. The minimum absolute atomic E-state index is 0.0232. The molecular weight excluding hydrogens is 401 g/mol. The molecule has 0 aromatic carbocycles. The number of aliphatic hydroxyl groups is 1. The molecule has 1 aliphatic rings. The van der Waals surface area contributed by atoms with E-state index in [0.29, 0.717) is 12.0 Å². The molecule has 3 N–H and O–H groups in total. The molecule has 0 radical (unpaired) electrons. The van der Waals surface area contributed by atoms with Gasteiger partial charge in [-0.15, -0.1) is 13.2 Å². The molecule has 0 amide bonds. The lowest BCUT2D eigenvalue weighted by Crippen LogP contribution is -2.34. The van der Waals surface area contributed by atoms with Gasteiger partial charge in [0.1, 0.15) is 18.0 Å². The van der Waals surface area contributed by atoms with Gasteiger partial charge in [-0.25, -0.2) is 0 Å². The van der Waals surface area contributed by atoms with Crippen LogP contribution in [0.15, 0.2) is 11.0 Å². The summed E-state index contributed by atoms with van der Waals surface area (Å²) < 4.78 is 13.4. The molecule has 158 valence electrons. The highest BCUT2D eigenvalue weighted by molar-refractivity contribution is 7.72. The Morgan fingerprint density at radius 1 is 1.54 bits per heavy atom. The number of nitrogens with zero attached hydrogens (tertiary/aromatic N) is 1. The highest BCUT2D eigenvalue weighted by Crippen LogP contribution is 2.40. The van der Waals surface area contributed by atoms with Gasteiger partial charge in [0.2, 0.25) is 0 Å². The quantitative estimate of drug-likeness (QED) is 0.395. The van der Waals surface area contributed by atoms with Crippen LogP contribution in [0.5, 0.6) is 0 Å². The second-order valence-electron chi connectivity index (χ2n) is 7.83. The molecule has 1 aromatic rings. The van der Waals surface area contributed by atoms with Gasteiger partial charge in [0, 0.05) is 25.4 Å². The lowest BCUT2D eigenvalue weighted by Gasteiger charge is -2.22. The predicted molar refractivity (Wildman–Crippen MR) is 114 cm³/mol. The highest BCUT2D eigenvalue weighted by atomic mass is 32.1. The van der Waals surface area contributed by atoms with Crippen LogP contribution in [-0.4, -0.2) is 78.2 Å². The van der Waals surface area contributed by atoms with Crippen LogP contribution in [0.4, 0.5) is 0 Å². The van der Waals surface area contributed by atoms with E-state index in [4.69, 9.17) is 21.7 Å². The van der Waals surface area contributed by atoms with Crippen LogP contribution < -0.4 is 10.9 Å². The van der Waals surface area contributed by atoms with Crippen LogP contribution in [0, 0.1) is 4.77 Å². The fourth-order valence-electron chi connectivity index (χ4n) is 3.13. The van der Waals surface area contributed by atoms with Gasteiger partial charge in [0.05, 0.1) is 12.6 Å². The summed E-state index contributed by atoms with van der Waals surface area (Å²) in [6.45, 7) is 4.87. The first kappa shape index (κ1) is 23.2. The minimum atomic E-state index is -1.25. The third-order valence-corrected chi connectivity index (χ3v) is 6.39. The molecule has 10 heteroatoms. The number of hydrogen-bond acceptors (Lipinski definition) is 7. The smallest absolute Gasteiger partial charge is 0.256 e. The third-order valence-electron chi connectivity index (χ3n) is 4.61. The summed E-state index contributed by atoms with van der Waals surface area (Å²) in [6.07, 6.45) is 4.86. The van der Waals surface area contributed by atoms with Crippen LogP contribution >= 0.6 is 19.1 Å². The largest absolute Gasteiger partial charge is 0.388 e. The SMILES string of the molecule is C=P(C)(C)CC[C@H]1OC(n2cc(CNCC(C)=O)c(=O)[nH]c2=S)[C@H](OC)[C@@H]1O. The average molecular weight is 431 g/mol. The van der Waals surface area contributed by atoms with Crippen molar-refractivity contribution in [2.45, 2.75) is 44.4 Å². The molecule has 28 heavy (non-hydrogen) atoms. The van der Waals surface area contributed by atoms with Crippen molar-refractivity contribution < 1.29 is 19.4 Å². The summed E-state index contributed by atoms with van der Waals surface area (Å²) in [6, 6.07) is 0. The van der Waals surface area contributed by atoms with Crippen LogP contribution in [-0.2, 0) is 20.8 Å². The molecule has 0 aliphatic carbocycles. The van der Waals surface area contributed by atoms with Crippen molar-refractivity contribution in [3.8, 4) is 0 Å². The summed E-state index contributed by atoms with van der Waals surface area (Å²) in [5.74, 6) is -0.0232. The normalized spacial score (nSPS) is 25.2. The number of nitrogens with one attached hydrogen (secondary N) is 2. The monoisotopic (exact) mass is 431 g/mol. The third kappa shape index (κ3) is 5.95. The van der Waals surface area contributed by atoms with Crippen LogP contribution in [0.25, 0.3) is 0 Å². The fraction of sp³-hybridized carbons (Fsp3) is 0.667.